The van der Waals surface area contributed by atoms with E-state index in [1.54, 1.807) is 18.7 Å². The molecule has 0 bridgehead atoms. The van der Waals surface area contributed by atoms with Crippen molar-refractivity contribution < 1.29 is 9.90 Å². The molecule has 0 atom stereocenters. The molecule has 1 heterocycles. The fourth-order valence-corrected chi connectivity index (χ4v) is 2.34. The molecular weight excluding hydrogens is 210 g/mol. The number of rotatable bonds is 3. The summed E-state index contributed by atoms with van der Waals surface area (Å²) in [5.41, 5.74) is 1.69. The molecule has 0 fully saturated rings. The van der Waals surface area contributed by atoms with Gasteiger partial charge in [0.25, 0.3) is 0 Å². The Morgan fingerprint density at radius 1 is 1.47 bits per heavy atom. The molecule has 0 spiro atoms. The first-order chi connectivity index (χ1) is 6.91. The molecular formula is C11H15NO2S. The van der Waals surface area contributed by atoms with Crippen molar-refractivity contribution in [2.45, 2.75) is 38.0 Å². The van der Waals surface area contributed by atoms with Crippen molar-refractivity contribution in [1.82, 2.24) is 4.98 Å². The van der Waals surface area contributed by atoms with E-state index >= 15 is 0 Å². The van der Waals surface area contributed by atoms with E-state index in [9.17, 15) is 4.79 Å². The average Bonchev–Trinajstić information content (AvgIpc) is 1.99. The van der Waals surface area contributed by atoms with Gasteiger partial charge < -0.3 is 5.11 Å². The first-order valence-corrected chi connectivity index (χ1v) is 5.68. The number of hydrogen-bond donors (Lipinski definition) is 1. The largest absolute Gasteiger partial charge is 0.478 e. The predicted octanol–water partition coefficient (Wildman–Crippen LogP) is 2.90. The standard InChI is InChI=1S/C11H15NO2S/c1-6(2)15-9-5-7(3)10(11(13)14)8(4)12-9/h5-6H,1-4H3,(H,13,14). The summed E-state index contributed by atoms with van der Waals surface area (Å²) in [6.45, 7) is 7.72. The van der Waals surface area contributed by atoms with Crippen LogP contribution in [0.1, 0.15) is 35.5 Å². The Bertz CT molecular complexity index is 365. The van der Waals surface area contributed by atoms with E-state index in [4.69, 9.17) is 5.11 Å². The van der Waals surface area contributed by atoms with Gasteiger partial charge in [-0.1, -0.05) is 13.8 Å². The molecule has 0 saturated heterocycles. The first kappa shape index (κ1) is 12.0. The van der Waals surface area contributed by atoms with Gasteiger partial charge in [-0.25, -0.2) is 9.78 Å². The number of aromatic carboxylic acids is 1. The van der Waals surface area contributed by atoms with Crippen LogP contribution in [0.5, 0.6) is 0 Å². The lowest BCUT2D eigenvalue weighted by molar-refractivity contribution is 0.0694. The number of aryl methyl sites for hydroxylation is 2. The molecule has 4 heteroatoms. The summed E-state index contributed by atoms with van der Waals surface area (Å²) in [4.78, 5) is 15.2. The van der Waals surface area contributed by atoms with Crippen LogP contribution in [0.15, 0.2) is 11.1 Å². The third kappa shape index (κ3) is 2.96. The monoisotopic (exact) mass is 225 g/mol. The van der Waals surface area contributed by atoms with Gasteiger partial charge in [0.1, 0.15) is 0 Å². The second-order valence-corrected chi connectivity index (χ2v) is 5.31. The Morgan fingerprint density at radius 2 is 2.07 bits per heavy atom. The lowest BCUT2D eigenvalue weighted by atomic mass is 10.1. The van der Waals surface area contributed by atoms with Crippen molar-refractivity contribution in [1.29, 1.82) is 0 Å². The Morgan fingerprint density at radius 3 is 2.47 bits per heavy atom. The maximum Gasteiger partial charge on any atom is 0.337 e. The highest BCUT2D eigenvalue weighted by Crippen LogP contribution is 2.24. The summed E-state index contributed by atoms with van der Waals surface area (Å²) < 4.78 is 0. The van der Waals surface area contributed by atoms with Gasteiger partial charge in [-0.15, -0.1) is 11.8 Å². The normalized spacial score (nSPS) is 10.7. The molecule has 1 N–H and O–H groups in total. The number of thioether (sulfide) groups is 1. The molecule has 1 aromatic heterocycles. The van der Waals surface area contributed by atoms with E-state index in [0.717, 1.165) is 10.6 Å². The maximum absolute atomic E-state index is 10.9. The van der Waals surface area contributed by atoms with E-state index in [0.29, 0.717) is 16.5 Å². The van der Waals surface area contributed by atoms with Crippen LogP contribution < -0.4 is 0 Å². The predicted molar refractivity (Wildman–Crippen MR) is 61.7 cm³/mol. The summed E-state index contributed by atoms with van der Waals surface area (Å²) >= 11 is 1.64. The molecule has 1 rings (SSSR count). The molecule has 0 saturated carbocycles. The van der Waals surface area contributed by atoms with Gasteiger partial charge in [0.2, 0.25) is 0 Å². The van der Waals surface area contributed by atoms with Gasteiger partial charge in [0, 0.05) is 5.25 Å². The van der Waals surface area contributed by atoms with Crippen molar-refractivity contribution in [2.24, 2.45) is 0 Å². The van der Waals surface area contributed by atoms with Crippen LogP contribution in [0.2, 0.25) is 0 Å². The van der Waals surface area contributed by atoms with Crippen LogP contribution >= 0.6 is 11.8 Å². The highest BCUT2D eigenvalue weighted by atomic mass is 32.2. The molecule has 0 amide bonds. The van der Waals surface area contributed by atoms with E-state index in [1.807, 2.05) is 13.0 Å². The zero-order valence-electron chi connectivity index (χ0n) is 9.37. The fourth-order valence-electron chi connectivity index (χ4n) is 1.42. The van der Waals surface area contributed by atoms with Crippen molar-refractivity contribution in [3.05, 3.63) is 22.9 Å². The molecule has 0 aromatic carbocycles. The van der Waals surface area contributed by atoms with Gasteiger partial charge in [0.05, 0.1) is 16.3 Å². The summed E-state index contributed by atoms with van der Waals surface area (Å²) in [6.07, 6.45) is 0. The lowest BCUT2D eigenvalue weighted by Gasteiger charge is -2.09. The zero-order chi connectivity index (χ0) is 11.6. The van der Waals surface area contributed by atoms with Gasteiger partial charge >= 0.3 is 5.97 Å². The van der Waals surface area contributed by atoms with Crippen molar-refractivity contribution >= 4 is 17.7 Å². The van der Waals surface area contributed by atoms with Crippen LogP contribution in [0, 0.1) is 13.8 Å². The summed E-state index contributed by atoms with van der Waals surface area (Å²) in [5, 5.41) is 10.3. The minimum atomic E-state index is -0.904. The highest BCUT2D eigenvalue weighted by molar-refractivity contribution is 7.99. The second kappa shape index (κ2) is 4.66. The molecule has 1 aromatic rings. The Kier molecular flexibility index (Phi) is 3.74. The van der Waals surface area contributed by atoms with Crippen molar-refractivity contribution in [2.75, 3.05) is 0 Å². The number of hydrogen-bond acceptors (Lipinski definition) is 3. The number of aromatic nitrogens is 1. The number of pyridine rings is 1. The van der Waals surface area contributed by atoms with Crippen molar-refractivity contribution in [3.63, 3.8) is 0 Å². The van der Waals surface area contributed by atoms with Gasteiger partial charge in [-0.3, -0.25) is 0 Å². The molecule has 0 aliphatic carbocycles. The van der Waals surface area contributed by atoms with Crippen LogP contribution in [0.4, 0.5) is 0 Å². The molecule has 82 valence electrons. The first-order valence-electron chi connectivity index (χ1n) is 4.80. The average molecular weight is 225 g/mol. The summed E-state index contributed by atoms with van der Waals surface area (Å²) in [5.74, 6) is -0.904. The summed E-state index contributed by atoms with van der Waals surface area (Å²) in [6, 6.07) is 1.83. The van der Waals surface area contributed by atoms with E-state index in [1.165, 1.54) is 0 Å². The minimum Gasteiger partial charge on any atom is -0.478 e. The lowest BCUT2D eigenvalue weighted by Crippen LogP contribution is -2.06. The second-order valence-electron chi connectivity index (χ2n) is 3.71. The molecule has 0 aliphatic heterocycles. The molecule has 0 unspecified atom stereocenters. The number of carboxylic acid groups (broad SMARTS) is 1. The minimum absolute atomic E-state index is 0.322. The van der Waals surface area contributed by atoms with E-state index in [2.05, 4.69) is 18.8 Å². The third-order valence-corrected chi connectivity index (χ3v) is 2.87. The summed E-state index contributed by atoms with van der Waals surface area (Å²) in [7, 11) is 0. The Labute approximate surface area is 93.9 Å². The molecule has 0 radical (unpaired) electrons. The quantitative estimate of drug-likeness (QED) is 0.804. The Balaban J connectivity index is 3.14. The Hall–Kier alpha value is -1.03. The SMILES string of the molecule is Cc1cc(SC(C)C)nc(C)c1C(=O)O. The number of nitrogens with zero attached hydrogens (tertiary/aromatic N) is 1. The number of carboxylic acids is 1. The van der Waals surface area contributed by atoms with Gasteiger partial charge in [0.15, 0.2) is 0 Å². The van der Waals surface area contributed by atoms with E-state index < -0.39 is 5.97 Å². The molecule has 15 heavy (non-hydrogen) atoms. The zero-order valence-corrected chi connectivity index (χ0v) is 10.2. The molecule has 3 nitrogen and oxygen atoms in total. The maximum atomic E-state index is 10.9. The van der Waals surface area contributed by atoms with Crippen LogP contribution in [0.25, 0.3) is 0 Å². The van der Waals surface area contributed by atoms with Crippen LogP contribution in [-0.2, 0) is 0 Å². The van der Waals surface area contributed by atoms with Gasteiger partial charge in [-0.2, -0.15) is 0 Å². The topological polar surface area (TPSA) is 50.2 Å². The van der Waals surface area contributed by atoms with Crippen LogP contribution in [-0.4, -0.2) is 21.3 Å². The number of carbonyl (C=O) groups is 1. The third-order valence-electron chi connectivity index (χ3n) is 1.94. The van der Waals surface area contributed by atoms with Crippen LogP contribution in [0.3, 0.4) is 0 Å². The smallest absolute Gasteiger partial charge is 0.337 e. The molecule has 0 aliphatic rings. The fraction of sp³-hybridized carbons (Fsp3) is 0.455. The highest BCUT2D eigenvalue weighted by Gasteiger charge is 2.13. The van der Waals surface area contributed by atoms with Crippen molar-refractivity contribution in [3.8, 4) is 0 Å². The van der Waals surface area contributed by atoms with Gasteiger partial charge in [-0.05, 0) is 25.5 Å². The van der Waals surface area contributed by atoms with E-state index in [-0.39, 0.29) is 0 Å².